The smallest absolute Gasteiger partial charge is 0.264 e. The summed E-state index contributed by atoms with van der Waals surface area (Å²) in [6.07, 6.45) is 1.00. The molecule has 6 heteroatoms. The highest BCUT2D eigenvalue weighted by Gasteiger charge is 1.99. The van der Waals surface area contributed by atoms with Gasteiger partial charge in [-0.2, -0.15) is 8.42 Å². The second kappa shape index (κ2) is 6.36. The van der Waals surface area contributed by atoms with Crippen LogP contribution in [0.15, 0.2) is 0 Å². The highest BCUT2D eigenvalue weighted by atomic mass is 32.2. The van der Waals surface area contributed by atoms with Crippen molar-refractivity contribution < 1.29 is 22.1 Å². The Kier molecular flexibility index (Phi) is 6.27. The topological polar surface area (TPSA) is 61.8 Å². The van der Waals surface area contributed by atoms with Gasteiger partial charge < -0.3 is 9.47 Å². The van der Waals surface area contributed by atoms with E-state index in [0.717, 1.165) is 6.26 Å². The monoisotopic (exact) mass is 198 g/mol. The molecule has 0 aromatic carbocycles. The van der Waals surface area contributed by atoms with Crippen molar-refractivity contribution in [1.29, 1.82) is 0 Å². The molecule has 0 N–H and O–H groups in total. The first-order valence-electron chi connectivity index (χ1n) is 3.47. The summed E-state index contributed by atoms with van der Waals surface area (Å²) in [7, 11) is -1.76. The van der Waals surface area contributed by atoms with Crippen molar-refractivity contribution >= 4 is 10.1 Å². The van der Waals surface area contributed by atoms with Crippen molar-refractivity contribution in [1.82, 2.24) is 0 Å². The molecule has 0 aliphatic carbocycles. The molecule has 0 bridgehead atoms. The van der Waals surface area contributed by atoms with Crippen LogP contribution < -0.4 is 0 Å². The Hall–Kier alpha value is -0.170. The highest BCUT2D eigenvalue weighted by Crippen LogP contribution is 1.86. The normalized spacial score (nSPS) is 11.8. The molecule has 0 aliphatic heterocycles. The first kappa shape index (κ1) is 11.8. The van der Waals surface area contributed by atoms with Gasteiger partial charge in [-0.05, 0) is 0 Å². The van der Waals surface area contributed by atoms with Crippen LogP contribution in [0.5, 0.6) is 0 Å². The molecule has 0 radical (unpaired) electrons. The molecule has 0 atom stereocenters. The molecule has 0 aromatic rings. The van der Waals surface area contributed by atoms with E-state index in [2.05, 4.69) is 4.18 Å². The third-order valence-electron chi connectivity index (χ3n) is 0.957. The standard InChI is InChI=1S/C6H14O5S/c1-9-3-4-10-5-6-11-12(2,7)8/h3-6H2,1-2H3. The predicted octanol–water partition coefficient (Wildman–Crippen LogP) is -0.374. The lowest BCUT2D eigenvalue weighted by Crippen LogP contribution is -2.11. The third-order valence-corrected chi connectivity index (χ3v) is 1.55. The van der Waals surface area contributed by atoms with Crippen molar-refractivity contribution in [2.45, 2.75) is 0 Å². The Bertz CT molecular complexity index is 186. The van der Waals surface area contributed by atoms with Crippen LogP contribution in [-0.4, -0.2) is 48.2 Å². The van der Waals surface area contributed by atoms with Crippen LogP contribution >= 0.6 is 0 Å². The molecule has 0 aliphatic rings. The zero-order chi connectivity index (χ0) is 9.45. The number of hydrogen-bond acceptors (Lipinski definition) is 5. The minimum Gasteiger partial charge on any atom is -0.382 e. The van der Waals surface area contributed by atoms with Gasteiger partial charge in [0.05, 0.1) is 32.7 Å². The van der Waals surface area contributed by atoms with Crippen LogP contribution in [-0.2, 0) is 23.8 Å². The zero-order valence-electron chi connectivity index (χ0n) is 7.28. The van der Waals surface area contributed by atoms with Gasteiger partial charge >= 0.3 is 0 Å². The lowest BCUT2D eigenvalue weighted by molar-refractivity contribution is 0.0556. The van der Waals surface area contributed by atoms with Gasteiger partial charge in [0.1, 0.15) is 0 Å². The molecule has 0 saturated carbocycles. The van der Waals surface area contributed by atoms with E-state index in [0.29, 0.717) is 13.2 Å². The molecular weight excluding hydrogens is 184 g/mol. The minimum absolute atomic E-state index is 0.0581. The van der Waals surface area contributed by atoms with Crippen LogP contribution in [0.1, 0.15) is 0 Å². The minimum atomic E-state index is -3.33. The molecule has 0 amide bonds. The summed E-state index contributed by atoms with van der Waals surface area (Å²) in [5.74, 6) is 0. The summed E-state index contributed by atoms with van der Waals surface area (Å²) in [4.78, 5) is 0. The van der Waals surface area contributed by atoms with Gasteiger partial charge in [-0.3, -0.25) is 4.18 Å². The Balaban J connectivity index is 3.12. The molecule has 74 valence electrons. The quantitative estimate of drug-likeness (QED) is 0.412. The maximum Gasteiger partial charge on any atom is 0.264 e. The average molecular weight is 198 g/mol. The van der Waals surface area contributed by atoms with Gasteiger partial charge in [-0.15, -0.1) is 0 Å². The maximum absolute atomic E-state index is 10.4. The van der Waals surface area contributed by atoms with Crippen LogP contribution in [0.2, 0.25) is 0 Å². The Morgan fingerprint density at radius 2 is 1.67 bits per heavy atom. The van der Waals surface area contributed by atoms with E-state index in [4.69, 9.17) is 9.47 Å². The Labute approximate surface area is 72.7 Å². The fourth-order valence-electron chi connectivity index (χ4n) is 0.489. The molecule has 0 heterocycles. The fraction of sp³-hybridized carbons (Fsp3) is 1.00. The van der Waals surface area contributed by atoms with Gasteiger partial charge in [0.25, 0.3) is 10.1 Å². The second-order valence-corrected chi connectivity index (χ2v) is 3.78. The van der Waals surface area contributed by atoms with E-state index in [9.17, 15) is 8.42 Å². The summed E-state index contributed by atoms with van der Waals surface area (Å²) in [6.45, 7) is 1.27. The van der Waals surface area contributed by atoms with Crippen molar-refractivity contribution in [3.05, 3.63) is 0 Å². The molecule has 0 spiro atoms. The Morgan fingerprint density at radius 1 is 1.08 bits per heavy atom. The zero-order valence-corrected chi connectivity index (χ0v) is 8.09. The van der Waals surface area contributed by atoms with Crippen LogP contribution in [0.25, 0.3) is 0 Å². The van der Waals surface area contributed by atoms with Crippen molar-refractivity contribution in [2.75, 3.05) is 39.8 Å². The fourth-order valence-corrected chi connectivity index (χ4v) is 0.859. The van der Waals surface area contributed by atoms with Crippen LogP contribution in [0.4, 0.5) is 0 Å². The van der Waals surface area contributed by atoms with E-state index in [-0.39, 0.29) is 13.2 Å². The lowest BCUT2D eigenvalue weighted by atomic mass is 10.7. The van der Waals surface area contributed by atoms with E-state index >= 15 is 0 Å². The van der Waals surface area contributed by atoms with E-state index < -0.39 is 10.1 Å². The molecule has 0 aromatic heterocycles. The van der Waals surface area contributed by atoms with Crippen molar-refractivity contribution in [3.63, 3.8) is 0 Å². The lowest BCUT2D eigenvalue weighted by Gasteiger charge is -2.02. The first-order chi connectivity index (χ1) is 5.56. The van der Waals surface area contributed by atoms with E-state index in [1.165, 1.54) is 0 Å². The molecule has 0 rings (SSSR count). The largest absolute Gasteiger partial charge is 0.382 e. The molecular formula is C6H14O5S. The van der Waals surface area contributed by atoms with E-state index in [1.807, 2.05) is 0 Å². The van der Waals surface area contributed by atoms with E-state index in [1.54, 1.807) is 7.11 Å². The number of rotatable bonds is 7. The summed E-state index contributed by atoms with van der Waals surface area (Å²) in [5.41, 5.74) is 0. The number of hydrogen-bond donors (Lipinski definition) is 0. The molecule has 0 fully saturated rings. The van der Waals surface area contributed by atoms with Gasteiger partial charge in [0.15, 0.2) is 0 Å². The Morgan fingerprint density at radius 3 is 2.17 bits per heavy atom. The van der Waals surface area contributed by atoms with Crippen molar-refractivity contribution in [3.8, 4) is 0 Å². The molecule has 12 heavy (non-hydrogen) atoms. The molecule has 0 saturated heterocycles. The number of methoxy groups -OCH3 is 1. The predicted molar refractivity (Wildman–Crippen MR) is 43.5 cm³/mol. The van der Waals surface area contributed by atoms with Gasteiger partial charge in [0.2, 0.25) is 0 Å². The average Bonchev–Trinajstić information content (AvgIpc) is 1.94. The van der Waals surface area contributed by atoms with Crippen LogP contribution in [0, 0.1) is 0 Å². The molecule has 5 nitrogen and oxygen atoms in total. The number of ether oxygens (including phenoxy) is 2. The third kappa shape index (κ3) is 9.83. The maximum atomic E-state index is 10.4. The second-order valence-electron chi connectivity index (χ2n) is 2.13. The summed E-state index contributed by atoms with van der Waals surface area (Å²) >= 11 is 0. The van der Waals surface area contributed by atoms with Gasteiger partial charge in [0, 0.05) is 7.11 Å². The summed E-state index contributed by atoms with van der Waals surface area (Å²) in [5, 5.41) is 0. The summed E-state index contributed by atoms with van der Waals surface area (Å²) in [6, 6.07) is 0. The SMILES string of the molecule is COCCOCCOS(C)(=O)=O. The first-order valence-corrected chi connectivity index (χ1v) is 5.29. The van der Waals surface area contributed by atoms with Crippen molar-refractivity contribution in [2.24, 2.45) is 0 Å². The van der Waals surface area contributed by atoms with Gasteiger partial charge in [-0.1, -0.05) is 0 Å². The summed E-state index contributed by atoms with van der Waals surface area (Å²) < 4.78 is 34.9. The van der Waals surface area contributed by atoms with Gasteiger partial charge in [-0.25, -0.2) is 0 Å². The van der Waals surface area contributed by atoms with Crippen LogP contribution in [0.3, 0.4) is 0 Å². The molecule has 0 unspecified atom stereocenters. The highest BCUT2D eigenvalue weighted by molar-refractivity contribution is 7.85.